The van der Waals surface area contributed by atoms with Gasteiger partial charge in [-0.15, -0.1) is 0 Å². The molecule has 8 nitrogen and oxygen atoms in total. The lowest BCUT2D eigenvalue weighted by molar-refractivity contribution is -0.394. The van der Waals surface area contributed by atoms with E-state index in [-0.39, 0.29) is 11.4 Å². The molecule has 1 heterocycles. The predicted molar refractivity (Wildman–Crippen MR) is 83.4 cm³/mol. The normalized spacial score (nSPS) is 12.2. The molecule has 0 amide bonds. The molecule has 1 atom stereocenters. The number of aromatic amines is 1. The van der Waals surface area contributed by atoms with Crippen molar-refractivity contribution in [2.24, 2.45) is 0 Å². The van der Waals surface area contributed by atoms with Gasteiger partial charge in [-0.05, 0) is 18.2 Å². The fraction of sp³-hybridized carbons (Fsp3) is 0.133. The summed E-state index contributed by atoms with van der Waals surface area (Å²) >= 11 is 0. The molecule has 116 valence electrons. The maximum Gasteiger partial charge on any atom is 0.280 e. The summed E-state index contributed by atoms with van der Waals surface area (Å²) in [5.41, 5.74) is 1.38. The van der Waals surface area contributed by atoms with Crippen LogP contribution in [0.2, 0.25) is 0 Å². The summed E-state index contributed by atoms with van der Waals surface area (Å²) < 4.78 is 0. The Morgan fingerprint density at radius 3 is 2.48 bits per heavy atom. The van der Waals surface area contributed by atoms with Gasteiger partial charge in [0.15, 0.2) is 0 Å². The molecule has 0 aliphatic carbocycles. The van der Waals surface area contributed by atoms with E-state index in [1.807, 2.05) is 24.3 Å². The maximum atomic E-state index is 11.3. The number of nitrogens with zero attached hydrogens (tertiary/aromatic N) is 3. The molecule has 1 aromatic heterocycles. The van der Waals surface area contributed by atoms with E-state index in [2.05, 4.69) is 9.97 Å². The zero-order valence-corrected chi connectivity index (χ0v) is 12.1. The summed E-state index contributed by atoms with van der Waals surface area (Å²) in [6.07, 6.45) is 0. The van der Waals surface area contributed by atoms with Crippen LogP contribution in [0.5, 0.6) is 0 Å². The summed E-state index contributed by atoms with van der Waals surface area (Å²) in [6.45, 7) is 1.77. The lowest BCUT2D eigenvalue weighted by atomic mass is 9.98. The maximum absolute atomic E-state index is 11.3. The van der Waals surface area contributed by atoms with Crippen LogP contribution in [0.15, 0.2) is 42.5 Å². The molecule has 0 aliphatic rings. The van der Waals surface area contributed by atoms with E-state index in [0.29, 0.717) is 11.4 Å². The number of nitro groups is 2. The van der Waals surface area contributed by atoms with E-state index in [4.69, 9.17) is 0 Å². The standard InChI is InChI=1S/C15H12N4O4/c1-9(15-16-12-4-2-3-5-13(12)17-15)11-7-6-10(18(20)21)8-14(11)19(22)23/h2-9H,1H3,(H,16,17). The molecule has 1 unspecified atom stereocenters. The molecule has 0 fully saturated rings. The van der Waals surface area contributed by atoms with Crippen molar-refractivity contribution in [1.82, 2.24) is 9.97 Å². The summed E-state index contributed by atoms with van der Waals surface area (Å²) in [5.74, 6) is 0.173. The number of nitro benzene ring substituents is 2. The number of H-pyrrole nitrogens is 1. The summed E-state index contributed by atoms with van der Waals surface area (Å²) in [4.78, 5) is 28.4. The summed E-state index contributed by atoms with van der Waals surface area (Å²) in [5, 5.41) is 22.1. The number of fused-ring (bicyclic) bond motifs is 1. The fourth-order valence-electron chi connectivity index (χ4n) is 2.49. The van der Waals surface area contributed by atoms with E-state index in [1.165, 1.54) is 12.1 Å². The topological polar surface area (TPSA) is 115 Å². The minimum absolute atomic E-state index is 0.285. The van der Waals surface area contributed by atoms with E-state index in [1.54, 1.807) is 6.92 Å². The molecule has 3 rings (SSSR count). The van der Waals surface area contributed by atoms with Gasteiger partial charge in [-0.1, -0.05) is 19.1 Å². The van der Waals surface area contributed by atoms with Gasteiger partial charge in [0.2, 0.25) is 0 Å². The number of hydrogen-bond acceptors (Lipinski definition) is 5. The molecule has 0 radical (unpaired) electrons. The van der Waals surface area contributed by atoms with Gasteiger partial charge in [-0.25, -0.2) is 4.98 Å². The van der Waals surface area contributed by atoms with Gasteiger partial charge < -0.3 is 4.98 Å². The van der Waals surface area contributed by atoms with Crippen molar-refractivity contribution in [3.05, 3.63) is 74.1 Å². The van der Waals surface area contributed by atoms with Gasteiger partial charge in [-0.2, -0.15) is 0 Å². The van der Waals surface area contributed by atoms with Crippen LogP contribution in [0.1, 0.15) is 24.2 Å². The second-order valence-electron chi connectivity index (χ2n) is 5.12. The van der Waals surface area contributed by atoms with Crippen molar-refractivity contribution >= 4 is 22.4 Å². The number of benzene rings is 2. The third-order valence-corrected chi connectivity index (χ3v) is 3.71. The van der Waals surface area contributed by atoms with Gasteiger partial charge in [0, 0.05) is 17.5 Å². The number of imidazole rings is 1. The van der Waals surface area contributed by atoms with E-state index >= 15 is 0 Å². The number of hydrogen-bond donors (Lipinski definition) is 1. The Labute approximate surface area is 130 Å². The van der Waals surface area contributed by atoms with Gasteiger partial charge in [0.25, 0.3) is 11.4 Å². The number of rotatable bonds is 4. The molecule has 2 aromatic carbocycles. The second kappa shape index (κ2) is 5.48. The minimum atomic E-state index is -0.650. The molecule has 1 N–H and O–H groups in total. The molecule has 0 saturated carbocycles. The Morgan fingerprint density at radius 1 is 1.09 bits per heavy atom. The Kier molecular flexibility index (Phi) is 3.49. The van der Waals surface area contributed by atoms with Crippen molar-refractivity contribution in [2.75, 3.05) is 0 Å². The molecule has 0 saturated heterocycles. The Morgan fingerprint density at radius 2 is 1.83 bits per heavy atom. The number of non-ortho nitro benzene ring substituents is 1. The SMILES string of the molecule is CC(c1nc2ccccc2[nH]1)c1ccc([N+](=O)[O-])cc1[N+](=O)[O-]. The smallest absolute Gasteiger partial charge is 0.280 e. The zero-order chi connectivity index (χ0) is 16.6. The predicted octanol–water partition coefficient (Wildman–Crippen LogP) is 3.53. The Balaban J connectivity index is 2.09. The highest BCUT2D eigenvalue weighted by atomic mass is 16.6. The van der Waals surface area contributed by atoms with Crippen LogP contribution >= 0.6 is 0 Å². The van der Waals surface area contributed by atoms with Crippen molar-refractivity contribution in [3.63, 3.8) is 0 Å². The highest BCUT2D eigenvalue weighted by molar-refractivity contribution is 5.75. The monoisotopic (exact) mass is 312 g/mol. The highest BCUT2D eigenvalue weighted by Gasteiger charge is 2.25. The van der Waals surface area contributed by atoms with E-state index in [0.717, 1.165) is 17.1 Å². The lowest BCUT2D eigenvalue weighted by Gasteiger charge is -2.09. The first-order valence-electron chi connectivity index (χ1n) is 6.84. The number of para-hydroxylation sites is 2. The quantitative estimate of drug-likeness (QED) is 0.584. The van der Waals surface area contributed by atoms with Crippen LogP contribution in [-0.2, 0) is 0 Å². The number of aromatic nitrogens is 2. The second-order valence-corrected chi connectivity index (χ2v) is 5.12. The lowest BCUT2D eigenvalue weighted by Crippen LogP contribution is -2.04. The van der Waals surface area contributed by atoms with Crippen LogP contribution in [0, 0.1) is 20.2 Å². The molecule has 8 heteroatoms. The molecule has 0 bridgehead atoms. The molecule has 3 aromatic rings. The minimum Gasteiger partial charge on any atom is -0.341 e. The van der Waals surface area contributed by atoms with Crippen molar-refractivity contribution < 1.29 is 9.85 Å². The Hall–Kier alpha value is -3.29. The van der Waals surface area contributed by atoms with Gasteiger partial charge in [0.05, 0.1) is 26.9 Å². The first-order valence-corrected chi connectivity index (χ1v) is 6.84. The highest BCUT2D eigenvalue weighted by Crippen LogP contribution is 2.33. The largest absolute Gasteiger partial charge is 0.341 e. The number of nitrogens with one attached hydrogen (secondary N) is 1. The summed E-state index contributed by atoms with van der Waals surface area (Å²) in [7, 11) is 0. The molecule has 0 aliphatic heterocycles. The average Bonchev–Trinajstić information content (AvgIpc) is 2.97. The van der Waals surface area contributed by atoms with Crippen LogP contribution in [0.3, 0.4) is 0 Å². The first-order chi connectivity index (χ1) is 11.0. The van der Waals surface area contributed by atoms with Crippen molar-refractivity contribution in [1.29, 1.82) is 0 Å². The third kappa shape index (κ3) is 2.61. The molecular formula is C15H12N4O4. The first kappa shape index (κ1) is 14.6. The summed E-state index contributed by atoms with van der Waals surface area (Å²) in [6, 6.07) is 11.1. The van der Waals surface area contributed by atoms with E-state index in [9.17, 15) is 20.2 Å². The van der Waals surface area contributed by atoms with Crippen LogP contribution < -0.4 is 0 Å². The molecule has 23 heavy (non-hydrogen) atoms. The van der Waals surface area contributed by atoms with Crippen LogP contribution in [-0.4, -0.2) is 19.8 Å². The molecule has 0 spiro atoms. The van der Waals surface area contributed by atoms with Crippen molar-refractivity contribution in [3.8, 4) is 0 Å². The van der Waals surface area contributed by atoms with Gasteiger partial charge in [0.1, 0.15) is 5.82 Å². The van der Waals surface area contributed by atoms with Crippen LogP contribution in [0.25, 0.3) is 11.0 Å². The average molecular weight is 312 g/mol. The molecular weight excluding hydrogens is 300 g/mol. The van der Waals surface area contributed by atoms with Gasteiger partial charge >= 0.3 is 0 Å². The third-order valence-electron chi connectivity index (χ3n) is 3.71. The zero-order valence-electron chi connectivity index (χ0n) is 12.1. The fourth-order valence-corrected chi connectivity index (χ4v) is 2.49. The van der Waals surface area contributed by atoms with E-state index < -0.39 is 15.8 Å². The van der Waals surface area contributed by atoms with Gasteiger partial charge in [-0.3, -0.25) is 20.2 Å². The van der Waals surface area contributed by atoms with Crippen molar-refractivity contribution in [2.45, 2.75) is 12.8 Å². The Bertz CT molecular complexity index is 886. The van der Waals surface area contributed by atoms with Crippen LogP contribution in [0.4, 0.5) is 11.4 Å².